The highest BCUT2D eigenvalue weighted by atomic mass is 16.2. The summed E-state index contributed by atoms with van der Waals surface area (Å²) < 4.78 is 0. The minimum atomic E-state index is -0.622. The number of benzene rings is 3. The summed E-state index contributed by atoms with van der Waals surface area (Å²) in [6.45, 7) is 3.34. The molecule has 1 unspecified atom stereocenters. The minimum absolute atomic E-state index is 0.0345. The molecule has 202 valence electrons. The molecule has 0 radical (unpaired) electrons. The van der Waals surface area contributed by atoms with Gasteiger partial charge in [0.05, 0.1) is 16.6 Å². The lowest BCUT2D eigenvalue weighted by Crippen LogP contribution is -2.39. The summed E-state index contributed by atoms with van der Waals surface area (Å²) in [4.78, 5) is 29.3. The average Bonchev–Trinajstić information content (AvgIpc) is 3.54. The molecule has 3 aromatic carbocycles. The topological polar surface area (TPSA) is 95.3 Å². The van der Waals surface area contributed by atoms with Crippen molar-refractivity contribution in [1.29, 1.82) is 0 Å². The summed E-state index contributed by atoms with van der Waals surface area (Å²) in [5.74, 6) is -0.493. The molecule has 2 amide bonds. The fraction of sp³-hybridized carbons (Fsp3) is 0.303. The second-order valence-electron chi connectivity index (χ2n) is 11.4. The zero-order valence-corrected chi connectivity index (χ0v) is 22.5. The van der Waals surface area contributed by atoms with Crippen molar-refractivity contribution in [1.82, 2.24) is 15.1 Å². The van der Waals surface area contributed by atoms with Crippen molar-refractivity contribution in [3.63, 3.8) is 0 Å². The third kappa shape index (κ3) is 4.21. The third-order valence-electron chi connectivity index (χ3n) is 8.86. The number of carbonyl (C=O) groups excluding carboxylic acids is 2. The molecule has 3 aliphatic rings. The van der Waals surface area contributed by atoms with Crippen LogP contribution in [0.25, 0.3) is 23.1 Å². The Morgan fingerprint density at radius 2 is 1.82 bits per heavy atom. The van der Waals surface area contributed by atoms with Gasteiger partial charge in [0.15, 0.2) is 0 Å². The summed E-state index contributed by atoms with van der Waals surface area (Å²) in [6.07, 6.45) is 8.85. The molecule has 7 rings (SSSR count). The molecule has 2 atom stereocenters. The molecule has 2 aliphatic heterocycles. The monoisotopic (exact) mass is 531 g/mol. The van der Waals surface area contributed by atoms with Crippen LogP contribution >= 0.6 is 0 Å². The van der Waals surface area contributed by atoms with E-state index in [1.807, 2.05) is 24.3 Å². The number of primary amides is 1. The number of aromatic amines is 1. The fourth-order valence-corrected chi connectivity index (χ4v) is 6.75. The summed E-state index contributed by atoms with van der Waals surface area (Å²) in [5.41, 5.74) is 12.1. The zero-order valence-electron chi connectivity index (χ0n) is 22.5. The molecule has 7 heteroatoms. The van der Waals surface area contributed by atoms with E-state index < -0.39 is 11.3 Å². The van der Waals surface area contributed by atoms with Crippen molar-refractivity contribution in [3.8, 4) is 0 Å². The number of aromatic nitrogens is 2. The first kappa shape index (κ1) is 24.8. The maximum absolute atomic E-state index is 13.6. The number of likely N-dealkylation sites (tertiary alicyclic amines) is 1. The lowest BCUT2D eigenvalue weighted by molar-refractivity contribution is -0.123. The van der Waals surface area contributed by atoms with Gasteiger partial charge in [-0.3, -0.25) is 19.6 Å². The van der Waals surface area contributed by atoms with Gasteiger partial charge in [-0.15, -0.1) is 0 Å². The number of hydrogen-bond acceptors (Lipinski definition) is 4. The Balaban J connectivity index is 1.09. The molecule has 1 saturated heterocycles. The summed E-state index contributed by atoms with van der Waals surface area (Å²) in [5, 5.41) is 8.80. The predicted molar refractivity (Wildman–Crippen MR) is 158 cm³/mol. The number of piperidine rings is 1. The number of amides is 2. The van der Waals surface area contributed by atoms with E-state index in [4.69, 9.17) is 5.73 Å². The largest absolute Gasteiger partial charge is 0.368 e. The number of para-hydroxylation sites is 1. The molecule has 0 bridgehead atoms. The highest BCUT2D eigenvalue weighted by Crippen LogP contribution is 2.66. The molecule has 7 nitrogen and oxygen atoms in total. The van der Waals surface area contributed by atoms with Crippen LogP contribution < -0.4 is 10.6 Å². The van der Waals surface area contributed by atoms with Crippen molar-refractivity contribution in [2.75, 3.05) is 24.5 Å². The second-order valence-corrected chi connectivity index (χ2v) is 11.4. The van der Waals surface area contributed by atoms with Crippen molar-refractivity contribution in [3.05, 3.63) is 94.7 Å². The molecule has 3 N–H and O–H groups in total. The Morgan fingerprint density at radius 1 is 1.02 bits per heavy atom. The van der Waals surface area contributed by atoms with Crippen LogP contribution in [0.4, 0.5) is 5.69 Å². The van der Waals surface area contributed by atoms with Crippen LogP contribution in [0.5, 0.6) is 0 Å². The average molecular weight is 532 g/mol. The van der Waals surface area contributed by atoms with Crippen LogP contribution in [-0.4, -0.2) is 46.5 Å². The van der Waals surface area contributed by atoms with Gasteiger partial charge in [-0.25, -0.2) is 0 Å². The number of nitrogens with zero attached hydrogens (tertiary/aromatic N) is 3. The van der Waals surface area contributed by atoms with E-state index in [2.05, 4.69) is 69.7 Å². The first-order valence-corrected chi connectivity index (χ1v) is 14.2. The van der Waals surface area contributed by atoms with Crippen LogP contribution in [0.15, 0.2) is 66.7 Å². The maximum atomic E-state index is 13.6. The Labute approximate surface area is 233 Å². The van der Waals surface area contributed by atoms with Crippen LogP contribution in [0, 0.1) is 0 Å². The third-order valence-corrected chi connectivity index (χ3v) is 8.86. The number of anilines is 1. The highest BCUT2D eigenvalue weighted by Gasteiger charge is 2.67. The van der Waals surface area contributed by atoms with Gasteiger partial charge in [0.25, 0.3) is 0 Å². The molecule has 40 heavy (non-hydrogen) atoms. The summed E-state index contributed by atoms with van der Waals surface area (Å²) in [6, 6.07) is 22.9. The number of carbonyl (C=O) groups is 2. The number of hydrogen-bond donors (Lipinski definition) is 2. The van der Waals surface area contributed by atoms with E-state index in [0.717, 1.165) is 51.9 Å². The number of rotatable bonds is 7. The van der Waals surface area contributed by atoms with E-state index in [-0.39, 0.29) is 18.4 Å². The van der Waals surface area contributed by atoms with Gasteiger partial charge >= 0.3 is 0 Å². The van der Waals surface area contributed by atoms with E-state index in [1.165, 1.54) is 37.9 Å². The molecule has 1 spiro atoms. The van der Waals surface area contributed by atoms with Gasteiger partial charge in [-0.1, -0.05) is 67.1 Å². The molecule has 1 aliphatic carbocycles. The quantitative estimate of drug-likeness (QED) is 0.352. The van der Waals surface area contributed by atoms with E-state index in [9.17, 15) is 9.59 Å². The van der Waals surface area contributed by atoms with Gasteiger partial charge in [0.2, 0.25) is 11.8 Å². The van der Waals surface area contributed by atoms with Crippen LogP contribution in [0.2, 0.25) is 0 Å². The standard InChI is InChI=1S/C33H33N5O2/c34-31(39)21-38-30-7-3-2-6-26(30)33(32(38)40)19-27(33)24-13-14-25-28(35-36-29(25)18-24)15-12-22-8-10-23(11-9-22)20-37-16-4-1-5-17-37/h2-3,6-15,18,27H,1,4-5,16-17,19-21H2,(H2,34,39)(H,35,36)/b15-12+/t27-,33?/m0/s1. The SMILES string of the molecule is NC(=O)CN1C(=O)C2(C[C@H]2c2ccc3c(/C=C/c4ccc(CN5CCCCC5)cc4)n[nH]c3c2)c2ccccc21. The van der Waals surface area contributed by atoms with Gasteiger partial charge < -0.3 is 10.6 Å². The van der Waals surface area contributed by atoms with E-state index >= 15 is 0 Å². The smallest absolute Gasteiger partial charge is 0.238 e. The van der Waals surface area contributed by atoms with Gasteiger partial charge in [0, 0.05) is 23.5 Å². The molecular formula is C33H33N5O2. The molecule has 1 saturated carbocycles. The Kier molecular flexibility index (Phi) is 6.04. The number of H-pyrrole nitrogens is 1. The molecule has 2 fully saturated rings. The van der Waals surface area contributed by atoms with Gasteiger partial charge in [-0.05, 0) is 72.8 Å². The van der Waals surface area contributed by atoms with E-state index in [0.29, 0.717) is 0 Å². The minimum Gasteiger partial charge on any atom is -0.368 e. The Morgan fingerprint density at radius 3 is 2.62 bits per heavy atom. The van der Waals surface area contributed by atoms with Crippen molar-refractivity contribution < 1.29 is 9.59 Å². The van der Waals surface area contributed by atoms with Crippen LogP contribution in [0.3, 0.4) is 0 Å². The predicted octanol–water partition coefficient (Wildman–Crippen LogP) is 4.98. The lowest BCUT2D eigenvalue weighted by atomic mass is 9.92. The van der Waals surface area contributed by atoms with Crippen molar-refractivity contribution in [2.24, 2.45) is 5.73 Å². The molecule has 4 aromatic rings. The molecular weight excluding hydrogens is 498 g/mol. The summed E-state index contributed by atoms with van der Waals surface area (Å²) in [7, 11) is 0. The van der Waals surface area contributed by atoms with Crippen LogP contribution in [-0.2, 0) is 21.5 Å². The van der Waals surface area contributed by atoms with Crippen LogP contribution in [0.1, 0.15) is 59.5 Å². The summed E-state index contributed by atoms with van der Waals surface area (Å²) >= 11 is 0. The fourth-order valence-electron chi connectivity index (χ4n) is 6.75. The lowest BCUT2D eigenvalue weighted by Gasteiger charge is -2.26. The first-order chi connectivity index (χ1) is 19.5. The highest BCUT2D eigenvalue weighted by molar-refractivity contribution is 6.13. The van der Waals surface area contributed by atoms with Crippen molar-refractivity contribution >= 4 is 40.6 Å². The van der Waals surface area contributed by atoms with E-state index in [1.54, 1.807) is 4.90 Å². The number of nitrogens with two attached hydrogens (primary N) is 1. The zero-order chi connectivity index (χ0) is 27.3. The van der Waals surface area contributed by atoms with Gasteiger partial charge in [-0.2, -0.15) is 5.10 Å². The maximum Gasteiger partial charge on any atom is 0.238 e. The van der Waals surface area contributed by atoms with Crippen molar-refractivity contribution in [2.45, 2.75) is 43.6 Å². The second kappa shape index (κ2) is 9.75. The number of nitrogens with one attached hydrogen (secondary N) is 1. The number of fused-ring (bicyclic) bond motifs is 3. The Hall–Kier alpha value is -4.23. The molecule has 1 aromatic heterocycles. The Bertz CT molecular complexity index is 1630. The first-order valence-electron chi connectivity index (χ1n) is 14.2. The van der Waals surface area contributed by atoms with Gasteiger partial charge in [0.1, 0.15) is 6.54 Å². The molecule has 3 heterocycles. The normalized spacial score (nSPS) is 22.4.